The highest BCUT2D eigenvalue weighted by molar-refractivity contribution is 7.09. The Morgan fingerprint density at radius 3 is 2.75 bits per heavy atom. The molecule has 0 spiro atoms. The van der Waals surface area contributed by atoms with Crippen molar-refractivity contribution in [3.05, 3.63) is 34.0 Å². The summed E-state index contributed by atoms with van der Waals surface area (Å²) in [4.78, 5) is 7.60. The molecule has 0 amide bonds. The van der Waals surface area contributed by atoms with Gasteiger partial charge in [0.15, 0.2) is 11.7 Å². The molecule has 0 saturated heterocycles. The van der Waals surface area contributed by atoms with Crippen LogP contribution in [0.1, 0.15) is 22.7 Å². The fraction of sp³-hybridized carbons (Fsp3) is 0.500. The van der Waals surface area contributed by atoms with Crippen molar-refractivity contribution >= 4 is 17.3 Å². The number of guanidine groups is 1. The zero-order chi connectivity index (χ0) is 17.6. The van der Waals surface area contributed by atoms with Crippen LogP contribution in [0, 0.1) is 6.92 Å². The van der Waals surface area contributed by atoms with Gasteiger partial charge in [-0.3, -0.25) is 9.67 Å². The molecule has 0 saturated carbocycles. The van der Waals surface area contributed by atoms with Crippen LogP contribution >= 0.6 is 11.3 Å². The summed E-state index contributed by atoms with van der Waals surface area (Å²) in [5.41, 5.74) is 0.254. The van der Waals surface area contributed by atoms with Gasteiger partial charge in [0.2, 0.25) is 0 Å². The van der Waals surface area contributed by atoms with Gasteiger partial charge in [-0.05, 0) is 18.9 Å². The van der Waals surface area contributed by atoms with Crippen molar-refractivity contribution in [3.63, 3.8) is 0 Å². The zero-order valence-electron chi connectivity index (χ0n) is 13.4. The van der Waals surface area contributed by atoms with E-state index in [9.17, 15) is 13.2 Å². The van der Waals surface area contributed by atoms with Crippen molar-refractivity contribution in [2.24, 2.45) is 4.99 Å². The Balaban J connectivity index is 1.71. The van der Waals surface area contributed by atoms with Gasteiger partial charge in [0.25, 0.3) is 0 Å². The first-order valence-corrected chi connectivity index (χ1v) is 8.21. The van der Waals surface area contributed by atoms with Crippen LogP contribution in [0.3, 0.4) is 0 Å². The van der Waals surface area contributed by atoms with Crippen LogP contribution in [0.4, 0.5) is 13.2 Å². The largest absolute Gasteiger partial charge is 0.434 e. The van der Waals surface area contributed by atoms with Crippen molar-refractivity contribution in [1.29, 1.82) is 0 Å². The van der Waals surface area contributed by atoms with Gasteiger partial charge in [0.05, 0.1) is 12.7 Å². The second kappa shape index (κ2) is 8.13. The Bertz CT molecular complexity index is 676. The van der Waals surface area contributed by atoms with E-state index >= 15 is 0 Å². The van der Waals surface area contributed by atoms with Crippen LogP contribution in [0.5, 0.6) is 0 Å². The fourth-order valence-electron chi connectivity index (χ4n) is 1.94. The molecule has 0 radical (unpaired) electrons. The Labute approximate surface area is 141 Å². The molecule has 2 heterocycles. The van der Waals surface area contributed by atoms with Crippen LogP contribution in [0.25, 0.3) is 0 Å². The molecule has 0 aliphatic carbocycles. The van der Waals surface area contributed by atoms with Crippen molar-refractivity contribution in [1.82, 2.24) is 25.4 Å². The molecule has 2 N–H and O–H groups in total. The van der Waals surface area contributed by atoms with E-state index in [1.54, 1.807) is 13.2 Å². The highest BCUT2D eigenvalue weighted by atomic mass is 32.1. The summed E-state index contributed by atoms with van der Waals surface area (Å²) in [5, 5.41) is 11.6. The lowest BCUT2D eigenvalue weighted by Gasteiger charge is -2.10. The molecule has 24 heavy (non-hydrogen) atoms. The Kier molecular flexibility index (Phi) is 6.18. The molecule has 2 aromatic heterocycles. The van der Waals surface area contributed by atoms with Crippen LogP contribution in [0.2, 0.25) is 0 Å². The van der Waals surface area contributed by atoms with Crippen LogP contribution in [0.15, 0.2) is 22.8 Å². The lowest BCUT2D eigenvalue weighted by atomic mass is 10.4. The summed E-state index contributed by atoms with van der Waals surface area (Å²) in [6.45, 7) is 3.62. The smallest absolute Gasteiger partial charge is 0.356 e. The third-order valence-corrected chi connectivity index (χ3v) is 3.94. The molecule has 6 nitrogen and oxygen atoms in total. The number of aromatic nitrogens is 3. The van der Waals surface area contributed by atoms with Crippen molar-refractivity contribution in [2.45, 2.75) is 32.6 Å². The minimum atomic E-state index is -4.40. The van der Waals surface area contributed by atoms with Gasteiger partial charge >= 0.3 is 6.18 Å². The maximum absolute atomic E-state index is 12.5. The third-order valence-electron chi connectivity index (χ3n) is 3.09. The normalized spacial score (nSPS) is 12.5. The van der Waals surface area contributed by atoms with Crippen molar-refractivity contribution in [3.8, 4) is 0 Å². The van der Waals surface area contributed by atoms with Gasteiger partial charge in [0, 0.05) is 31.7 Å². The third kappa shape index (κ3) is 5.52. The lowest BCUT2D eigenvalue weighted by molar-refractivity contribution is -0.140. The maximum Gasteiger partial charge on any atom is 0.434 e. The predicted molar refractivity (Wildman–Crippen MR) is 86.9 cm³/mol. The molecule has 0 unspecified atom stereocenters. The van der Waals surface area contributed by atoms with E-state index < -0.39 is 11.9 Å². The number of nitrogens with zero attached hydrogens (tertiary/aromatic N) is 4. The Morgan fingerprint density at radius 1 is 1.38 bits per heavy atom. The molecule has 0 aliphatic rings. The highest BCUT2D eigenvalue weighted by Crippen LogP contribution is 2.29. The number of nitrogens with one attached hydrogen (secondary N) is 2. The Morgan fingerprint density at radius 2 is 2.17 bits per heavy atom. The average molecular weight is 360 g/mol. The number of aliphatic imine (C=N–C) groups is 1. The van der Waals surface area contributed by atoms with Crippen LogP contribution < -0.4 is 10.6 Å². The van der Waals surface area contributed by atoms with Gasteiger partial charge in [0.1, 0.15) is 5.01 Å². The van der Waals surface area contributed by atoms with E-state index in [1.807, 2.05) is 17.8 Å². The molecular weight excluding hydrogens is 341 g/mol. The Hall–Kier alpha value is -2.10. The lowest BCUT2D eigenvalue weighted by Crippen LogP contribution is -2.37. The highest BCUT2D eigenvalue weighted by Gasteiger charge is 2.33. The molecule has 132 valence electrons. The van der Waals surface area contributed by atoms with E-state index in [4.69, 9.17) is 0 Å². The number of rotatable bonds is 6. The topological polar surface area (TPSA) is 67.1 Å². The molecule has 0 atom stereocenters. The minimum Gasteiger partial charge on any atom is -0.356 e. The van der Waals surface area contributed by atoms with Gasteiger partial charge in [-0.1, -0.05) is 0 Å². The first-order valence-electron chi connectivity index (χ1n) is 7.33. The summed E-state index contributed by atoms with van der Waals surface area (Å²) >= 11 is 0.969. The number of thiazole rings is 1. The molecule has 0 aliphatic heterocycles. The number of aryl methyl sites for hydroxylation is 2. The number of hydrogen-bond acceptors (Lipinski definition) is 4. The number of halogens is 3. The molecule has 0 bridgehead atoms. The van der Waals surface area contributed by atoms with Crippen molar-refractivity contribution in [2.75, 3.05) is 13.6 Å². The van der Waals surface area contributed by atoms with Crippen molar-refractivity contribution < 1.29 is 13.2 Å². The summed E-state index contributed by atoms with van der Waals surface area (Å²) in [5.74, 6) is 0.524. The summed E-state index contributed by atoms with van der Waals surface area (Å²) in [6, 6.07) is 0. The summed E-state index contributed by atoms with van der Waals surface area (Å²) < 4.78 is 39.3. The first-order chi connectivity index (χ1) is 11.4. The van der Waals surface area contributed by atoms with E-state index in [-0.39, 0.29) is 6.54 Å². The summed E-state index contributed by atoms with van der Waals surface area (Å²) in [7, 11) is 1.61. The molecule has 0 fully saturated rings. The molecule has 2 rings (SSSR count). The van der Waals surface area contributed by atoms with Gasteiger partial charge in [-0.15, -0.1) is 11.3 Å². The SMILES string of the molecule is CN=C(NCCCn1cc(C)cn1)NCc1nc(C(F)(F)F)cs1. The second-order valence-electron chi connectivity index (χ2n) is 5.11. The van der Waals surface area contributed by atoms with Crippen LogP contribution in [-0.4, -0.2) is 34.3 Å². The molecule has 2 aromatic rings. The summed E-state index contributed by atoms with van der Waals surface area (Å²) in [6.07, 6.45) is 0.210. The van der Waals surface area contributed by atoms with E-state index in [2.05, 4.69) is 25.7 Å². The van der Waals surface area contributed by atoms with Gasteiger partial charge in [-0.2, -0.15) is 18.3 Å². The van der Waals surface area contributed by atoms with Gasteiger partial charge < -0.3 is 10.6 Å². The van der Waals surface area contributed by atoms with E-state index in [1.165, 1.54) is 0 Å². The second-order valence-corrected chi connectivity index (χ2v) is 6.05. The number of hydrogen-bond donors (Lipinski definition) is 2. The maximum atomic E-state index is 12.5. The van der Waals surface area contributed by atoms with E-state index in [0.29, 0.717) is 17.5 Å². The molecule has 10 heteroatoms. The zero-order valence-corrected chi connectivity index (χ0v) is 14.2. The molecular formula is C14H19F3N6S. The van der Waals surface area contributed by atoms with Crippen LogP contribution in [-0.2, 0) is 19.3 Å². The standard InChI is InChI=1S/C14H19F3N6S/c1-10-6-21-23(8-10)5-3-4-19-13(18-2)20-7-12-22-11(9-24-12)14(15,16)17/h6,8-9H,3-5,7H2,1-2H3,(H2,18,19,20). The van der Waals surface area contributed by atoms with E-state index in [0.717, 1.165) is 35.2 Å². The average Bonchev–Trinajstić information content (AvgIpc) is 3.15. The van der Waals surface area contributed by atoms with Gasteiger partial charge in [-0.25, -0.2) is 4.98 Å². The monoisotopic (exact) mass is 360 g/mol. The fourth-order valence-corrected chi connectivity index (χ4v) is 2.68. The number of alkyl halides is 3. The quantitative estimate of drug-likeness (QED) is 0.472. The first kappa shape index (κ1) is 18.2. The minimum absolute atomic E-state index is 0.193. The predicted octanol–water partition coefficient (Wildman–Crippen LogP) is 2.42. The molecule has 0 aromatic carbocycles.